The molecule has 184 valence electrons. The van der Waals surface area contributed by atoms with Crippen molar-refractivity contribution in [3.05, 3.63) is 46.3 Å². The van der Waals surface area contributed by atoms with E-state index in [9.17, 15) is 14.4 Å². The molecular weight excluding hydrogens is 438 g/mol. The summed E-state index contributed by atoms with van der Waals surface area (Å²) in [5.74, 6) is -2.43. The topological polar surface area (TPSA) is 100 Å². The zero-order chi connectivity index (χ0) is 25.2. The van der Waals surface area contributed by atoms with Crippen molar-refractivity contribution in [1.82, 2.24) is 5.32 Å². The highest BCUT2D eigenvalue weighted by Gasteiger charge is 2.48. The van der Waals surface area contributed by atoms with Crippen LogP contribution in [0.1, 0.15) is 52.0 Å². The number of ketones is 1. The number of rotatable bonds is 7. The Balaban J connectivity index is 2.24. The standard InChI is InChI=1S/C26H33NO7/c1-8-14(3)34-26(30)21-15(4)27-18-11-13(2)20(25(29)33-7)24(28)23(18)22(21)17-10-9-16(31-5)12-19(17)32-6/h9-10,12-14,20,22,27H,8,11H2,1-7H3/t13-,14-,20-,22+/m1/s1. The number of Topliss-reactive ketones (excluding diaryl/α,β-unsaturated/α-hetero) is 1. The number of methoxy groups -OCH3 is 3. The molecule has 0 saturated heterocycles. The van der Waals surface area contributed by atoms with Crippen molar-refractivity contribution in [3.63, 3.8) is 0 Å². The van der Waals surface area contributed by atoms with E-state index < -0.39 is 23.8 Å². The molecule has 0 aromatic heterocycles. The first-order chi connectivity index (χ1) is 16.2. The molecule has 0 radical (unpaired) electrons. The molecule has 8 heteroatoms. The Kier molecular flexibility index (Phi) is 7.69. The molecule has 1 aliphatic heterocycles. The molecule has 1 N–H and O–H groups in total. The van der Waals surface area contributed by atoms with Crippen LogP contribution in [-0.2, 0) is 23.9 Å². The molecule has 1 heterocycles. The van der Waals surface area contributed by atoms with Gasteiger partial charge in [-0.15, -0.1) is 0 Å². The van der Waals surface area contributed by atoms with Crippen molar-refractivity contribution in [2.45, 2.75) is 52.6 Å². The first-order valence-electron chi connectivity index (χ1n) is 11.4. The fourth-order valence-corrected chi connectivity index (χ4v) is 4.65. The highest BCUT2D eigenvalue weighted by Crippen LogP contribution is 2.48. The molecular formula is C26H33NO7. The number of hydrogen-bond donors (Lipinski definition) is 1. The van der Waals surface area contributed by atoms with Crippen LogP contribution in [0.15, 0.2) is 40.7 Å². The number of benzene rings is 1. The number of hydrogen-bond acceptors (Lipinski definition) is 8. The third kappa shape index (κ3) is 4.54. The highest BCUT2D eigenvalue weighted by molar-refractivity contribution is 6.12. The predicted molar refractivity (Wildman–Crippen MR) is 125 cm³/mol. The van der Waals surface area contributed by atoms with Gasteiger partial charge in [-0.2, -0.15) is 0 Å². The van der Waals surface area contributed by atoms with Crippen LogP contribution >= 0.6 is 0 Å². The second-order valence-electron chi connectivity index (χ2n) is 8.77. The normalized spacial score (nSPS) is 23.0. The second kappa shape index (κ2) is 10.3. The van der Waals surface area contributed by atoms with Gasteiger partial charge in [0.25, 0.3) is 0 Å². The van der Waals surface area contributed by atoms with Gasteiger partial charge in [-0.1, -0.05) is 19.9 Å². The van der Waals surface area contributed by atoms with E-state index in [1.54, 1.807) is 32.2 Å². The summed E-state index contributed by atoms with van der Waals surface area (Å²) in [6, 6.07) is 5.24. The van der Waals surface area contributed by atoms with E-state index in [0.29, 0.717) is 52.4 Å². The summed E-state index contributed by atoms with van der Waals surface area (Å²) in [4.78, 5) is 39.7. The van der Waals surface area contributed by atoms with E-state index in [4.69, 9.17) is 18.9 Å². The van der Waals surface area contributed by atoms with Crippen LogP contribution in [0.3, 0.4) is 0 Å². The zero-order valence-electron chi connectivity index (χ0n) is 20.8. The number of ether oxygens (including phenoxy) is 4. The van der Waals surface area contributed by atoms with Gasteiger partial charge < -0.3 is 24.3 Å². The summed E-state index contributed by atoms with van der Waals surface area (Å²) < 4.78 is 21.6. The van der Waals surface area contributed by atoms with Crippen molar-refractivity contribution in [2.24, 2.45) is 11.8 Å². The minimum absolute atomic E-state index is 0.258. The largest absolute Gasteiger partial charge is 0.497 e. The Morgan fingerprint density at radius 2 is 1.88 bits per heavy atom. The summed E-state index contributed by atoms with van der Waals surface area (Å²) >= 11 is 0. The number of carbonyl (C=O) groups is 3. The van der Waals surface area contributed by atoms with E-state index in [1.165, 1.54) is 14.2 Å². The number of carbonyl (C=O) groups excluding carboxylic acids is 3. The molecule has 0 bridgehead atoms. The van der Waals surface area contributed by atoms with E-state index >= 15 is 0 Å². The van der Waals surface area contributed by atoms with Crippen LogP contribution in [0, 0.1) is 11.8 Å². The van der Waals surface area contributed by atoms with Crippen molar-refractivity contribution in [2.75, 3.05) is 21.3 Å². The van der Waals surface area contributed by atoms with Gasteiger partial charge in [0.15, 0.2) is 5.78 Å². The Hall–Kier alpha value is -3.29. The van der Waals surface area contributed by atoms with Crippen LogP contribution in [0.2, 0.25) is 0 Å². The van der Waals surface area contributed by atoms with Gasteiger partial charge >= 0.3 is 11.9 Å². The Morgan fingerprint density at radius 3 is 2.47 bits per heavy atom. The first-order valence-corrected chi connectivity index (χ1v) is 11.4. The fraction of sp³-hybridized carbons (Fsp3) is 0.500. The molecule has 8 nitrogen and oxygen atoms in total. The maximum atomic E-state index is 13.8. The Morgan fingerprint density at radius 1 is 1.18 bits per heavy atom. The minimum Gasteiger partial charge on any atom is -0.497 e. The highest BCUT2D eigenvalue weighted by atomic mass is 16.5. The third-order valence-corrected chi connectivity index (χ3v) is 6.60. The molecule has 4 atom stereocenters. The summed E-state index contributed by atoms with van der Waals surface area (Å²) in [5.41, 5.74) is 2.58. The lowest BCUT2D eigenvalue weighted by Crippen LogP contribution is -2.43. The van der Waals surface area contributed by atoms with Crippen molar-refractivity contribution in [3.8, 4) is 11.5 Å². The summed E-state index contributed by atoms with van der Waals surface area (Å²) in [5, 5.41) is 3.26. The number of esters is 2. The molecule has 0 amide bonds. The average Bonchev–Trinajstić information content (AvgIpc) is 2.82. The molecule has 0 spiro atoms. The van der Waals surface area contributed by atoms with Crippen LogP contribution in [0.25, 0.3) is 0 Å². The number of allylic oxidation sites excluding steroid dienone is 3. The molecule has 1 aromatic rings. The fourth-order valence-electron chi connectivity index (χ4n) is 4.65. The maximum absolute atomic E-state index is 13.8. The Labute approximate surface area is 200 Å². The monoisotopic (exact) mass is 471 g/mol. The lowest BCUT2D eigenvalue weighted by Gasteiger charge is -2.38. The van der Waals surface area contributed by atoms with Crippen LogP contribution < -0.4 is 14.8 Å². The molecule has 2 aliphatic rings. The van der Waals surface area contributed by atoms with Crippen molar-refractivity contribution in [1.29, 1.82) is 0 Å². The van der Waals surface area contributed by atoms with Crippen LogP contribution in [0.4, 0.5) is 0 Å². The molecule has 0 unspecified atom stereocenters. The maximum Gasteiger partial charge on any atom is 0.337 e. The van der Waals surface area contributed by atoms with Gasteiger partial charge in [0.2, 0.25) is 0 Å². The molecule has 3 rings (SSSR count). The van der Waals surface area contributed by atoms with Gasteiger partial charge in [-0.3, -0.25) is 9.59 Å². The van der Waals surface area contributed by atoms with E-state index in [0.717, 1.165) is 0 Å². The average molecular weight is 472 g/mol. The van der Waals surface area contributed by atoms with E-state index in [1.807, 2.05) is 20.8 Å². The minimum atomic E-state index is -0.956. The lowest BCUT2D eigenvalue weighted by molar-refractivity contribution is -0.151. The van der Waals surface area contributed by atoms with E-state index in [-0.39, 0.29) is 17.8 Å². The lowest BCUT2D eigenvalue weighted by atomic mass is 9.69. The predicted octanol–water partition coefficient (Wildman–Crippen LogP) is 3.66. The smallest absolute Gasteiger partial charge is 0.337 e. The van der Waals surface area contributed by atoms with Gasteiger partial charge in [-0.25, -0.2) is 4.79 Å². The Bertz CT molecular complexity index is 1060. The number of dihydropyridines is 1. The van der Waals surface area contributed by atoms with Crippen LogP contribution in [0.5, 0.6) is 11.5 Å². The molecule has 0 saturated carbocycles. The summed E-state index contributed by atoms with van der Waals surface area (Å²) in [6.45, 7) is 7.38. The molecule has 1 aromatic carbocycles. The van der Waals surface area contributed by atoms with E-state index in [2.05, 4.69) is 5.32 Å². The molecule has 0 fully saturated rings. The summed E-state index contributed by atoms with van der Waals surface area (Å²) in [6.07, 6.45) is 0.809. The van der Waals surface area contributed by atoms with Gasteiger partial charge in [0.05, 0.1) is 38.9 Å². The SMILES string of the molecule is CC[C@@H](C)OC(=O)C1=C(C)NC2=C(C(=O)[C@H](C(=O)OC)[C@H](C)C2)[C@H]1c1ccc(OC)cc1OC. The third-order valence-electron chi connectivity index (χ3n) is 6.60. The van der Waals surface area contributed by atoms with Gasteiger partial charge in [-0.05, 0) is 38.7 Å². The van der Waals surface area contributed by atoms with Crippen molar-refractivity contribution < 1.29 is 33.3 Å². The quantitative estimate of drug-likeness (QED) is 0.475. The molecule has 34 heavy (non-hydrogen) atoms. The first kappa shape index (κ1) is 25.3. The zero-order valence-corrected chi connectivity index (χ0v) is 20.8. The van der Waals surface area contributed by atoms with Gasteiger partial charge in [0, 0.05) is 28.6 Å². The molecule has 1 aliphatic carbocycles. The van der Waals surface area contributed by atoms with Gasteiger partial charge in [0.1, 0.15) is 17.4 Å². The second-order valence-corrected chi connectivity index (χ2v) is 8.77. The number of nitrogens with one attached hydrogen (secondary N) is 1. The van der Waals surface area contributed by atoms with Crippen LogP contribution in [-0.4, -0.2) is 45.2 Å². The summed E-state index contributed by atoms with van der Waals surface area (Å²) in [7, 11) is 4.34. The van der Waals surface area contributed by atoms with Crippen molar-refractivity contribution >= 4 is 17.7 Å².